The van der Waals surface area contributed by atoms with Gasteiger partial charge in [0.05, 0.1) is 6.04 Å². The van der Waals surface area contributed by atoms with E-state index in [1.165, 1.54) is 19.1 Å². The third-order valence-electron chi connectivity index (χ3n) is 1.68. The Morgan fingerprint density at radius 2 is 2.08 bits per heavy atom. The number of Topliss-reactive ketones (excluding diaryl/α,β-unsaturated/α-hetero) is 1. The van der Waals surface area contributed by atoms with Crippen LogP contribution in [0.4, 0.5) is 4.39 Å². The van der Waals surface area contributed by atoms with Crippen LogP contribution < -0.4 is 5.73 Å². The van der Waals surface area contributed by atoms with Crippen LogP contribution in [0.5, 0.6) is 0 Å². The van der Waals surface area contributed by atoms with Crippen LogP contribution in [0.2, 0.25) is 0 Å². The first kappa shape index (κ1) is 8.87. The van der Waals surface area contributed by atoms with Gasteiger partial charge in [-0.1, -0.05) is 18.2 Å². The minimum Gasteiger partial charge on any atom is -0.318 e. The minimum atomic E-state index is -0.841. The first-order valence-electron chi connectivity index (χ1n) is 3.63. The lowest BCUT2D eigenvalue weighted by molar-refractivity contribution is -0.118. The van der Waals surface area contributed by atoms with Gasteiger partial charge in [0, 0.05) is 5.56 Å². The van der Waals surface area contributed by atoms with Crippen molar-refractivity contribution in [1.82, 2.24) is 0 Å². The van der Waals surface area contributed by atoms with E-state index in [0.717, 1.165) is 0 Å². The lowest BCUT2D eigenvalue weighted by atomic mass is 10.0. The summed E-state index contributed by atoms with van der Waals surface area (Å²) in [7, 11) is 0. The van der Waals surface area contributed by atoms with Gasteiger partial charge in [0.1, 0.15) is 5.82 Å². The van der Waals surface area contributed by atoms with Gasteiger partial charge in [0.25, 0.3) is 0 Å². The van der Waals surface area contributed by atoms with E-state index in [2.05, 4.69) is 0 Å². The van der Waals surface area contributed by atoms with Crippen LogP contribution in [-0.2, 0) is 4.79 Å². The molecule has 0 saturated carbocycles. The highest BCUT2D eigenvalue weighted by molar-refractivity contribution is 5.82. The van der Waals surface area contributed by atoms with Crippen LogP contribution >= 0.6 is 0 Å². The summed E-state index contributed by atoms with van der Waals surface area (Å²) >= 11 is 0. The second-order valence-electron chi connectivity index (χ2n) is 2.61. The number of rotatable bonds is 2. The molecule has 12 heavy (non-hydrogen) atoms. The number of halogens is 1. The van der Waals surface area contributed by atoms with Gasteiger partial charge in [-0.15, -0.1) is 0 Å². The third kappa shape index (κ3) is 1.68. The maximum Gasteiger partial charge on any atom is 0.151 e. The fourth-order valence-electron chi connectivity index (χ4n) is 0.946. The minimum absolute atomic E-state index is 0.236. The van der Waals surface area contributed by atoms with Gasteiger partial charge >= 0.3 is 0 Å². The Bertz CT molecular complexity index is 298. The number of hydrogen-bond acceptors (Lipinski definition) is 2. The average Bonchev–Trinajstić information content (AvgIpc) is 2.04. The van der Waals surface area contributed by atoms with Crippen LogP contribution in [0.3, 0.4) is 0 Å². The van der Waals surface area contributed by atoms with E-state index in [9.17, 15) is 9.18 Å². The molecule has 0 spiro atoms. The standard InChI is InChI=1S/C9H10FNO/c1-6(12)9(11)7-4-2-3-5-8(7)10/h2-5,9H,11H2,1H3. The van der Waals surface area contributed by atoms with Crippen molar-refractivity contribution in [2.24, 2.45) is 5.73 Å². The Morgan fingerprint density at radius 3 is 2.58 bits per heavy atom. The fourth-order valence-corrected chi connectivity index (χ4v) is 0.946. The number of benzene rings is 1. The predicted octanol–water partition coefficient (Wildman–Crippen LogP) is 1.41. The van der Waals surface area contributed by atoms with Gasteiger partial charge in [-0.05, 0) is 13.0 Å². The third-order valence-corrected chi connectivity index (χ3v) is 1.68. The molecule has 0 saturated heterocycles. The molecule has 2 N–H and O–H groups in total. The zero-order valence-corrected chi connectivity index (χ0v) is 6.75. The highest BCUT2D eigenvalue weighted by atomic mass is 19.1. The summed E-state index contributed by atoms with van der Waals surface area (Å²) in [5, 5.41) is 0. The highest BCUT2D eigenvalue weighted by Crippen LogP contribution is 2.14. The van der Waals surface area contributed by atoms with Crippen LogP contribution in [0.15, 0.2) is 24.3 Å². The zero-order valence-electron chi connectivity index (χ0n) is 6.75. The molecular formula is C9H10FNO. The molecule has 1 atom stereocenters. The SMILES string of the molecule is CC(=O)C(N)c1ccccc1F. The van der Waals surface area contributed by atoms with Gasteiger partial charge < -0.3 is 5.73 Å². The summed E-state index contributed by atoms with van der Waals surface area (Å²) in [4.78, 5) is 10.8. The maximum absolute atomic E-state index is 13.0. The average molecular weight is 167 g/mol. The van der Waals surface area contributed by atoms with Crippen LogP contribution in [0.1, 0.15) is 18.5 Å². The van der Waals surface area contributed by atoms with Crippen molar-refractivity contribution in [1.29, 1.82) is 0 Å². The van der Waals surface area contributed by atoms with Crippen molar-refractivity contribution >= 4 is 5.78 Å². The summed E-state index contributed by atoms with van der Waals surface area (Å²) in [5.41, 5.74) is 5.70. The lowest BCUT2D eigenvalue weighted by Crippen LogP contribution is -2.19. The molecule has 0 aromatic heterocycles. The number of nitrogens with two attached hydrogens (primary N) is 1. The molecule has 0 amide bonds. The molecular weight excluding hydrogens is 157 g/mol. The Balaban J connectivity index is 3.02. The molecule has 1 rings (SSSR count). The molecule has 0 aliphatic heterocycles. The summed E-state index contributed by atoms with van der Waals surface area (Å²) < 4.78 is 13.0. The summed E-state index contributed by atoms with van der Waals surface area (Å²) in [6.07, 6.45) is 0. The highest BCUT2D eigenvalue weighted by Gasteiger charge is 2.14. The van der Waals surface area contributed by atoms with Gasteiger partial charge in [0.15, 0.2) is 5.78 Å². The number of carbonyl (C=O) groups is 1. The molecule has 0 aliphatic rings. The first-order chi connectivity index (χ1) is 5.63. The predicted molar refractivity (Wildman–Crippen MR) is 44.0 cm³/mol. The number of hydrogen-bond donors (Lipinski definition) is 1. The van der Waals surface area contributed by atoms with E-state index in [0.29, 0.717) is 0 Å². The van der Waals surface area contributed by atoms with E-state index in [1.54, 1.807) is 12.1 Å². The molecule has 0 aliphatic carbocycles. The van der Waals surface area contributed by atoms with E-state index in [4.69, 9.17) is 5.73 Å². The van der Waals surface area contributed by atoms with Crippen molar-refractivity contribution < 1.29 is 9.18 Å². The molecule has 2 nitrogen and oxygen atoms in total. The van der Waals surface area contributed by atoms with Gasteiger partial charge in [-0.25, -0.2) is 4.39 Å². The van der Waals surface area contributed by atoms with Gasteiger partial charge in [-0.3, -0.25) is 4.79 Å². The van der Waals surface area contributed by atoms with E-state index < -0.39 is 11.9 Å². The molecule has 0 bridgehead atoms. The van der Waals surface area contributed by atoms with Gasteiger partial charge in [0.2, 0.25) is 0 Å². The molecule has 3 heteroatoms. The second kappa shape index (κ2) is 3.45. The lowest BCUT2D eigenvalue weighted by Gasteiger charge is -2.07. The van der Waals surface area contributed by atoms with Gasteiger partial charge in [-0.2, -0.15) is 0 Å². The monoisotopic (exact) mass is 167 g/mol. The smallest absolute Gasteiger partial charge is 0.151 e. The summed E-state index contributed by atoms with van der Waals surface area (Å²) in [5.74, 6) is -0.666. The molecule has 0 fully saturated rings. The van der Waals surface area contributed by atoms with Crippen LogP contribution in [0, 0.1) is 5.82 Å². The van der Waals surface area contributed by atoms with Crippen molar-refractivity contribution in [2.45, 2.75) is 13.0 Å². The number of ketones is 1. The molecule has 1 unspecified atom stereocenters. The topological polar surface area (TPSA) is 43.1 Å². The molecule has 1 aromatic rings. The molecule has 0 radical (unpaired) electrons. The Hall–Kier alpha value is -1.22. The van der Waals surface area contributed by atoms with Crippen LogP contribution in [-0.4, -0.2) is 5.78 Å². The normalized spacial score (nSPS) is 12.6. The maximum atomic E-state index is 13.0. The fraction of sp³-hybridized carbons (Fsp3) is 0.222. The molecule has 0 heterocycles. The zero-order chi connectivity index (χ0) is 9.14. The number of carbonyl (C=O) groups excluding carboxylic acids is 1. The quantitative estimate of drug-likeness (QED) is 0.723. The molecule has 1 aromatic carbocycles. The largest absolute Gasteiger partial charge is 0.318 e. The Labute approximate surface area is 70.2 Å². The molecule has 64 valence electrons. The van der Waals surface area contributed by atoms with E-state index in [-0.39, 0.29) is 11.3 Å². The summed E-state index contributed by atoms with van der Waals surface area (Å²) in [6.45, 7) is 1.34. The Kier molecular flexibility index (Phi) is 2.55. The summed E-state index contributed by atoms with van der Waals surface area (Å²) in [6, 6.07) is 5.18. The van der Waals surface area contributed by atoms with Crippen molar-refractivity contribution in [3.05, 3.63) is 35.6 Å². The van der Waals surface area contributed by atoms with Crippen LogP contribution in [0.25, 0.3) is 0 Å². The Morgan fingerprint density at radius 1 is 1.50 bits per heavy atom. The second-order valence-corrected chi connectivity index (χ2v) is 2.61. The van der Waals surface area contributed by atoms with Crippen molar-refractivity contribution in [2.75, 3.05) is 0 Å². The van der Waals surface area contributed by atoms with Crippen molar-refractivity contribution in [3.8, 4) is 0 Å². The van der Waals surface area contributed by atoms with E-state index in [1.807, 2.05) is 0 Å². The van der Waals surface area contributed by atoms with Crippen molar-refractivity contribution in [3.63, 3.8) is 0 Å². The first-order valence-corrected chi connectivity index (χ1v) is 3.63. The van der Waals surface area contributed by atoms with E-state index >= 15 is 0 Å².